The van der Waals surface area contributed by atoms with E-state index in [1.807, 2.05) is 20.8 Å². The molecule has 1 aliphatic heterocycles. The van der Waals surface area contributed by atoms with Gasteiger partial charge in [0.15, 0.2) is 11.5 Å². The van der Waals surface area contributed by atoms with Gasteiger partial charge in [0.25, 0.3) is 11.7 Å². The average Bonchev–Trinajstić information content (AvgIpc) is 3.12. The maximum atomic E-state index is 13.4. The number of likely N-dealkylation sites (N-methyl/N-ethyl adjacent to an activating group) is 1. The predicted octanol–water partition coefficient (Wildman–Crippen LogP) is 3.78. The van der Waals surface area contributed by atoms with Gasteiger partial charge >= 0.3 is 0 Å². The third-order valence-corrected chi connectivity index (χ3v) is 6.51. The van der Waals surface area contributed by atoms with Gasteiger partial charge in [0.1, 0.15) is 11.5 Å². The lowest BCUT2D eigenvalue weighted by atomic mass is 9.93. The number of Topliss-reactive ketones (excluding diaryl/α,β-unsaturated/α-hetero) is 1. The minimum atomic E-state index is -0.836. The highest BCUT2D eigenvalue weighted by Crippen LogP contribution is 2.45. The van der Waals surface area contributed by atoms with Crippen LogP contribution in [0.4, 0.5) is 0 Å². The second-order valence-corrected chi connectivity index (χ2v) is 8.28. The minimum Gasteiger partial charge on any atom is -0.507 e. The van der Waals surface area contributed by atoms with Gasteiger partial charge in [-0.3, -0.25) is 9.59 Å². The molecule has 188 valence electrons. The molecule has 0 unspecified atom stereocenters. The minimum absolute atomic E-state index is 0.0226. The summed E-state index contributed by atoms with van der Waals surface area (Å²) in [6.07, 6.45) is 0. The Kier molecular flexibility index (Phi) is 8.40. The summed E-state index contributed by atoms with van der Waals surface area (Å²) in [5.41, 5.74) is 1.76. The Morgan fingerprint density at radius 2 is 1.74 bits per heavy atom. The second-order valence-electron chi connectivity index (χ2n) is 8.28. The number of hydrogen-bond acceptors (Lipinski definition) is 7. The van der Waals surface area contributed by atoms with Crippen LogP contribution in [-0.4, -0.2) is 74.1 Å². The smallest absolute Gasteiger partial charge is 0.295 e. The van der Waals surface area contributed by atoms with Crippen LogP contribution in [0.15, 0.2) is 42.0 Å². The zero-order valence-corrected chi connectivity index (χ0v) is 21.3. The third kappa shape index (κ3) is 4.98. The molecular weight excluding hydrogens is 448 g/mol. The van der Waals surface area contributed by atoms with Gasteiger partial charge < -0.3 is 29.1 Å². The fraction of sp³-hybridized carbons (Fsp3) is 0.407. The molecule has 0 saturated carbocycles. The summed E-state index contributed by atoms with van der Waals surface area (Å²) in [4.78, 5) is 30.3. The molecule has 1 fully saturated rings. The molecule has 0 aromatic heterocycles. The molecule has 1 N–H and O–H groups in total. The molecule has 1 atom stereocenters. The van der Waals surface area contributed by atoms with Gasteiger partial charge in [0, 0.05) is 24.2 Å². The van der Waals surface area contributed by atoms with Gasteiger partial charge in [-0.2, -0.15) is 0 Å². The Hall–Kier alpha value is -3.52. The predicted molar refractivity (Wildman–Crippen MR) is 134 cm³/mol. The SMILES string of the molecule is CCN(CC)CCN1C(=O)C(=O)/C(=C(/O)c2ccc(OC)cc2C)[C@@H]1c1cccc(OC)c1OC. The first-order valence-electron chi connectivity index (χ1n) is 11.7. The van der Waals surface area contributed by atoms with E-state index in [2.05, 4.69) is 4.90 Å². The molecule has 0 aliphatic carbocycles. The van der Waals surface area contributed by atoms with Crippen molar-refractivity contribution in [3.63, 3.8) is 0 Å². The quantitative estimate of drug-likeness (QED) is 0.313. The van der Waals surface area contributed by atoms with Crippen molar-refractivity contribution in [2.24, 2.45) is 0 Å². The first-order chi connectivity index (χ1) is 16.8. The van der Waals surface area contributed by atoms with E-state index in [1.165, 1.54) is 19.1 Å². The molecule has 0 spiro atoms. The summed E-state index contributed by atoms with van der Waals surface area (Å²) in [5.74, 6) is -0.104. The van der Waals surface area contributed by atoms with Crippen molar-refractivity contribution < 1.29 is 28.9 Å². The Morgan fingerprint density at radius 3 is 2.31 bits per heavy atom. The van der Waals surface area contributed by atoms with Gasteiger partial charge in [-0.05, 0) is 49.8 Å². The van der Waals surface area contributed by atoms with Crippen molar-refractivity contribution in [2.45, 2.75) is 26.8 Å². The summed E-state index contributed by atoms with van der Waals surface area (Å²) in [5, 5.41) is 11.4. The molecule has 1 aliphatic rings. The summed E-state index contributed by atoms with van der Waals surface area (Å²) in [7, 11) is 4.60. The highest BCUT2D eigenvalue weighted by molar-refractivity contribution is 6.46. The molecule has 2 aromatic rings. The van der Waals surface area contributed by atoms with Crippen LogP contribution in [-0.2, 0) is 9.59 Å². The summed E-state index contributed by atoms with van der Waals surface area (Å²) < 4.78 is 16.4. The Bertz CT molecular complexity index is 1120. The number of nitrogens with zero attached hydrogens (tertiary/aromatic N) is 2. The molecule has 1 amide bonds. The van der Waals surface area contributed by atoms with E-state index in [0.717, 1.165) is 13.1 Å². The van der Waals surface area contributed by atoms with Crippen molar-refractivity contribution in [2.75, 3.05) is 47.5 Å². The number of aryl methyl sites for hydroxylation is 1. The van der Waals surface area contributed by atoms with Crippen LogP contribution in [0.3, 0.4) is 0 Å². The topological polar surface area (TPSA) is 88.5 Å². The number of aliphatic hydroxyl groups is 1. The number of methoxy groups -OCH3 is 3. The van der Waals surface area contributed by atoms with Crippen molar-refractivity contribution in [3.05, 3.63) is 58.7 Å². The van der Waals surface area contributed by atoms with Crippen LogP contribution in [0.25, 0.3) is 5.76 Å². The van der Waals surface area contributed by atoms with E-state index in [0.29, 0.717) is 47.0 Å². The number of carbonyl (C=O) groups is 2. The number of ketones is 1. The van der Waals surface area contributed by atoms with Crippen LogP contribution in [0.2, 0.25) is 0 Å². The Labute approximate surface area is 206 Å². The lowest BCUT2D eigenvalue weighted by molar-refractivity contribution is -0.140. The molecule has 1 heterocycles. The van der Waals surface area contributed by atoms with E-state index < -0.39 is 17.7 Å². The molecule has 35 heavy (non-hydrogen) atoms. The van der Waals surface area contributed by atoms with Crippen molar-refractivity contribution in [3.8, 4) is 17.2 Å². The number of likely N-dealkylation sites (tertiary alicyclic amines) is 1. The van der Waals surface area contributed by atoms with Crippen LogP contribution >= 0.6 is 0 Å². The summed E-state index contributed by atoms with van der Waals surface area (Å²) in [6.45, 7) is 8.45. The number of benzene rings is 2. The number of rotatable bonds is 10. The van der Waals surface area contributed by atoms with E-state index in [1.54, 1.807) is 43.5 Å². The van der Waals surface area contributed by atoms with E-state index in [-0.39, 0.29) is 11.3 Å². The molecule has 8 heteroatoms. The maximum absolute atomic E-state index is 13.4. The molecule has 3 rings (SSSR count). The lowest BCUT2D eigenvalue weighted by Crippen LogP contribution is -2.38. The summed E-state index contributed by atoms with van der Waals surface area (Å²) in [6, 6.07) is 9.64. The number of ether oxygens (including phenoxy) is 3. The van der Waals surface area contributed by atoms with E-state index in [9.17, 15) is 14.7 Å². The van der Waals surface area contributed by atoms with E-state index >= 15 is 0 Å². The highest BCUT2D eigenvalue weighted by Gasteiger charge is 2.47. The fourth-order valence-electron chi connectivity index (χ4n) is 4.52. The standard InChI is InChI=1S/C27H34N2O6/c1-7-28(8-2)14-15-29-23(20-10-9-11-21(34-5)26(20)35-6)22(25(31)27(29)32)24(30)19-13-12-18(33-4)16-17(19)3/h9-13,16,23,30H,7-8,14-15H2,1-6H3/b24-22+/t23-/m0/s1. The molecule has 8 nitrogen and oxygen atoms in total. The highest BCUT2D eigenvalue weighted by atomic mass is 16.5. The van der Waals surface area contributed by atoms with Gasteiger partial charge in [-0.15, -0.1) is 0 Å². The van der Waals surface area contributed by atoms with E-state index in [4.69, 9.17) is 14.2 Å². The van der Waals surface area contributed by atoms with Gasteiger partial charge in [-0.25, -0.2) is 0 Å². The maximum Gasteiger partial charge on any atom is 0.295 e. The summed E-state index contributed by atoms with van der Waals surface area (Å²) >= 11 is 0. The second kappa shape index (κ2) is 11.3. The number of hydrogen-bond donors (Lipinski definition) is 1. The molecule has 2 aromatic carbocycles. The first-order valence-corrected chi connectivity index (χ1v) is 11.7. The number of carbonyl (C=O) groups excluding carboxylic acids is 2. The zero-order valence-electron chi connectivity index (χ0n) is 21.3. The largest absolute Gasteiger partial charge is 0.507 e. The normalized spacial score (nSPS) is 17.2. The van der Waals surface area contributed by atoms with Crippen LogP contribution in [0.5, 0.6) is 17.2 Å². The molecular formula is C27H34N2O6. The zero-order chi connectivity index (χ0) is 25.7. The number of amides is 1. The first kappa shape index (κ1) is 26.1. The van der Waals surface area contributed by atoms with Crippen molar-refractivity contribution >= 4 is 17.4 Å². The van der Waals surface area contributed by atoms with Gasteiger partial charge in [-0.1, -0.05) is 26.0 Å². The van der Waals surface area contributed by atoms with Crippen LogP contribution < -0.4 is 14.2 Å². The van der Waals surface area contributed by atoms with Crippen LogP contribution in [0, 0.1) is 6.92 Å². The van der Waals surface area contributed by atoms with Gasteiger partial charge in [0.05, 0.1) is 32.9 Å². The fourth-order valence-corrected chi connectivity index (χ4v) is 4.52. The lowest BCUT2D eigenvalue weighted by Gasteiger charge is -2.29. The molecule has 0 bridgehead atoms. The number of para-hydroxylation sites is 1. The average molecular weight is 483 g/mol. The molecule has 0 radical (unpaired) electrons. The Balaban J connectivity index is 2.23. The van der Waals surface area contributed by atoms with Crippen LogP contribution in [0.1, 0.15) is 36.6 Å². The Morgan fingerprint density at radius 1 is 1.03 bits per heavy atom. The van der Waals surface area contributed by atoms with Crippen molar-refractivity contribution in [1.29, 1.82) is 0 Å². The van der Waals surface area contributed by atoms with Gasteiger partial charge in [0.2, 0.25) is 0 Å². The molecule has 1 saturated heterocycles. The number of aliphatic hydroxyl groups excluding tert-OH is 1. The third-order valence-electron chi connectivity index (χ3n) is 6.51. The van der Waals surface area contributed by atoms with Crippen molar-refractivity contribution in [1.82, 2.24) is 9.80 Å². The monoisotopic (exact) mass is 482 g/mol.